The Kier molecular flexibility index (Phi) is 4.27. The largest absolute Gasteiger partial charge is 0.326 e. The minimum Gasteiger partial charge on any atom is -0.308 e. The molecule has 0 radical (unpaired) electrons. The number of aryl methyl sites for hydroxylation is 2. The van der Waals surface area contributed by atoms with Crippen molar-refractivity contribution in [2.45, 2.75) is 18.9 Å². The molecule has 0 bridgehead atoms. The van der Waals surface area contributed by atoms with Crippen molar-refractivity contribution in [3.8, 4) is 0 Å². The van der Waals surface area contributed by atoms with Crippen molar-refractivity contribution in [1.29, 1.82) is 0 Å². The molecule has 114 valence electrons. The van der Waals surface area contributed by atoms with E-state index in [1.807, 2.05) is 19.9 Å². The highest BCUT2D eigenvalue weighted by Crippen LogP contribution is 2.36. The number of benzene rings is 1. The fourth-order valence-electron chi connectivity index (χ4n) is 2.50. The summed E-state index contributed by atoms with van der Waals surface area (Å²) in [4.78, 5) is 18.9. The number of anilines is 2. The smallest absolute Gasteiger partial charge is 0.308 e. The number of hydrogen-bond acceptors (Lipinski definition) is 3. The molecule has 1 aliphatic rings. The van der Waals surface area contributed by atoms with Gasteiger partial charge in [-0.1, -0.05) is 11.6 Å². The van der Waals surface area contributed by atoms with Crippen molar-refractivity contribution in [3.05, 3.63) is 46.6 Å². The molecule has 2 aromatic rings. The number of nitrogens with zero attached hydrogens (tertiary/aromatic N) is 2. The standard InChI is InChI=1S/C16H16ClN3OS/c1-10-9-11(2)18-15-14(10)20(7-8-22-15)16(21)19-13-5-3-12(17)4-6-13/h3-6,9H,7-8H2,1-2H3,(H,19,21). The summed E-state index contributed by atoms with van der Waals surface area (Å²) in [6, 6.07) is 8.96. The van der Waals surface area contributed by atoms with E-state index in [1.165, 1.54) is 0 Å². The molecular weight excluding hydrogens is 318 g/mol. The van der Waals surface area contributed by atoms with E-state index in [1.54, 1.807) is 40.9 Å². The first-order chi connectivity index (χ1) is 10.5. The minimum absolute atomic E-state index is 0.141. The van der Waals surface area contributed by atoms with Crippen molar-refractivity contribution in [2.24, 2.45) is 0 Å². The van der Waals surface area contributed by atoms with Crippen LogP contribution in [0, 0.1) is 13.8 Å². The first kappa shape index (κ1) is 15.2. The number of hydrogen-bond donors (Lipinski definition) is 1. The molecule has 1 N–H and O–H groups in total. The molecule has 0 spiro atoms. The molecule has 2 amide bonds. The van der Waals surface area contributed by atoms with Gasteiger partial charge in [0.05, 0.1) is 5.69 Å². The summed E-state index contributed by atoms with van der Waals surface area (Å²) in [5.41, 5.74) is 3.69. The quantitative estimate of drug-likeness (QED) is 0.836. The fraction of sp³-hybridized carbons (Fsp3) is 0.250. The molecule has 4 nitrogen and oxygen atoms in total. The van der Waals surface area contributed by atoms with Gasteiger partial charge in [-0.05, 0) is 49.7 Å². The number of halogens is 1. The van der Waals surface area contributed by atoms with Gasteiger partial charge in [0.2, 0.25) is 0 Å². The van der Waals surface area contributed by atoms with E-state index in [-0.39, 0.29) is 6.03 Å². The van der Waals surface area contributed by atoms with Gasteiger partial charge >= 0.3 is 6.03 Å². The lowest BCUT2D eigenvalue weighted by Gasteiger charge is -2.30. The predicted molar refractivity (Wildman–Crippen MR) is 92.3 cm³/mol. The maximum Gasteiger partial charge on any atom is 0.326 e. The Labute approximate surface area is 138 Å². The topological polar surface area (TPSA) is 45.2 Å². The lowest BCUT2D eigenvalue weighted by atomic mass is 10.2. The monoisotopic (exact) mass is 333 g/mol. The van der Waals surface area contributed by atoms with Crippen LogP contribution in [0.15, 0.2) is 35.4 Å². The highest BCUT2D eigenvalue weighted by molar-refractivity contribution is 7.99. The Morgan fingerprint density at radius 3 is 2.77 bits per heavy atom. The summed E-state index contributed by atoms with van der Waals surface area (Å²) < 4.78 is 0. The third kappa shape index (κ3) is 3.05. The van der Waals surface area contributed by atoms with Crippen molar-refractivity contribution in [2.75, 3.05) is 22.5 Å². The Morgan fingerprint density at radius 1 is 1.32 bits per heavy atom. The molecule has 1 aromatic carbocycles. The highest BCUT2D eigenvalue weighted by atomic mass is 35.5. The van der Waals surface area contributed by atoms with Crippen LogP contribution in [0.4, 0.5) is 16.2 Å². The minimum atomic E-state index is -0.141. The lowest BCUT2D eigenvalue weighted by molar-refractivity contribution is 0.257. The third-order valence-electron chi connectivity index (χ3n) is 3.44. The number of rotatable bonds is 1. The Morgan fingerprint density at radius 2 is 2.05 bits per heavy atom. The Balaban J connectivity index is 1.87. The van der Waals surface area contributed by atoms with Gasteiger partial charge in [0, 0.05) is 28.7 Å². The second-order valence-electron chi connectivity index (χ2n) is 5.17. The van der Waals surface area contributed by atoms with Crippen molar-refractivity contribution < 1.29 is 4.79 Å². The zero-order chi connectivity index (χ0) is 15.7. The van der Waals surface area contributed by atoms with E-state index in [2.05, 4.69) is 10.3 Å². The van der Waals surface area contributed by atoms with Gasteiger partial charge in [0.1, 0.15) is 5.03 Å². The number of nitrogens with one attached hydrogen (secondary N) is 1. The van der Waals surface area contributed by atoms with Crippen molar-refractivity contribution in [3.63, 3.8) is 0 Å². The molecule has 0 atom stereocenters. The van der Waals surface area contributed by atoms with Gasteiger partial charge in [-0.2, -0.15) is 0 Å². The summed E-state index contributed by atoms with van der Waals surface area (Å²) in [5, 5.41) is 4.49. The molecule has 2 heterocycles. The summed E-state index contributed by atoms with van der Waals surface area (Å²) in [5.74, 6) is 0.844. The van der Waals surface area contributed by atoms with Gasteiger partial charge in [-0.15, -0.1) is 11.8 Å². The van der Waals surface area contributed by atoms with Crippen LogP contribution in [0.2, 0.25) is 5.02 Å². The average Bonchev–Trinajstić information content (AvgIpc) is 2.48. The average molecular weight is 334 g/mol. The number of aromatic nitrogens is 1. The molecule has 0 fully saturated rings. The van der Waals surface area contributed by atoms with Crippen LogP contribution in [0.25, 0.3) is 0 Å². The van der Waals surface area contributed by atoms with E-state index in [4.69, 9.17) is 11.6 Å². The second-order valence-corrected chi connectivity index (χ2v) is 6.69. The molecule has 6 heteroatoms. The molecule has 3 rings (SSSR count). The highest BCUT2D eigenvalue weighted by Gasteiger charge is 2.26. The predicted octanol–water partition coefficient (Wildman–Crippen LogP) is 4.50. The van der Waals surface area contributed by atoms with E-state index in [0.717, 1.165) is 33.4 Å². The SMILES string of the molecule is Cc1cc(C)c2c(n1)SCCN2C(=O)Nc1ccc(Cl)cc1. The van der Waals surface area contributed by atoms with Crippen molar-refractivity contribution in [1.82, 2.24) is 4.98 Å². The Bertz CT molecular complexity index is 718. The summed E-state index contributed by atoms with van der Waals surface area (Å²) >= 11 is 7.56. The maximum atomic E-state index is 12.6. The number of pyridine rings is 1. The Hall–Kier alpha value is -1.72. The summed E-state index contributed by atoms with van der Waals surface area (Å²) in [7, 11) is 0. The molecule has 0 saturated carbocycles. The number of thioether (sulfide) groups is 1. The van der Waals surface area contributed by atoms with Crippen LogP contribution >= 0.6 is 23.4 Å². The van der Waals surface area contributed by atoms with Crippen LogP contribution in [0.1, 0.15) is 11.3 Å². The maximum absolute atomic E-state index is 12.6. The summed E-state index contributed by atoms with van der Waals surface area (Å²) in [6.45, 7) is 4.66. The van der Waals surface area contributed by atoms with E-state index < -0.39 is 0 Å². The fourth-order valence-corrected chi connectivity index (χ4v) is 3.71. The normalized spacial score (nSPS) is 13.7. The van der Waals surface area contributed by atoms with Crippen LogP contribution in [-0.4, -0.2) is 23.3 Å². The van der Waals surface area contributed by atoms with Crippen molar-refractivity contribution >= 4 is 40.8 Å². The van der Waals surface area contributed by atoms with Gasteiger partial charge in [-0.25, -0.2) is 9.78 Å². The lowest BCUT2D eigenvalue weighted by Crippen LogP contribution is -2.39. The van der Waals surface area contributed by atoms with E-state index >= 15 is 0 Å². The van der Waals surface area contributed by atoms with E-state index in [0.29, 0.717) is 11.6 Å². The summed E-state index contributed by atoms with van der Waals surface area (Å²) in [6.07, 6.45) is 0. The van der Waals surface area contributed by atoms with Crippen LogP contribution in [-0.2, 0) is 0 Å². The number of urea groups is 1. The molecule has 1 aromatic heterocycles. The first-order valence-electron chi connectivity index (χ1n) is 7.00. The molecule has 1 aliphatic heterocycles. The van der Waals surface area contributed by atoms with E-state index in [9.17, 15) is 4.79 Å². The van der Waals surface area contributed by atoms with Crippen LogP contribution < -0.4 is 10.2 Å². The molecule has 0 unspecified atom stereocenters. The first-order valence-corrected chi connectivity index (χ1v) is 8.36. The molecule has 22 heavy (non-hydrogen) atoms. The van der Waals surface area contributed by atoms with Gasteiger partial charge in [-0.3, -0.25) is 4.90 Å². The number of carbonyl (C=O) groups excluding carboxylic acids is 1. The molecule has 0 saturated heterocycles. The zero-order valence-corrected chi connectivity index (χ0v) is 14.0. The number of carbonyl (C=O) groups is 1. The zero-order valence-electron chi connectivity index (χ0n) is 12.4. The van der Waals surface area contributed by atoms with Gasteiger partial charge in [0.25, 0.3) is 0 Å². The number of fused-ring (bicyclic) bond motifs is 1. The van der Waals surface area contributed by atoms with Gasteiger partial charge in [0.15, 0.2) is 0 Å². The number of amides is 2. The molecular formula is C16H16ClN3OS. The molecule has 0 aliphatic carbocycles. The van der Waals surface area contributed by atoms with Crippen LogP contribution in [0.3, 0.4) is 0 Å². The van der Waals surface area contributed by atoms with Gasteiger partial charge < -0.3 is 5.32 Å². The second kappa shape index (κ2) is 6.18. The third-order valence-corrected chi connectivity index (χ3v) is 4.64. The van der Waals surface area contributed by atoms with Crippen LogP contribution in [0.5, 0.6) is 0 Å².